The highest BCUT2D eigenvalue weighted by molar-refractivity contribution is 9.10. The molecule has 0 radical (unpaired) electrons. The van der Waals surface area contributed by atoms with Gasteiger partial charge in [-0.1, -0.05) is 15.9 Å². The summed E-state index contributed by atoms with van der Waals surface area (Å²) in [6.45, 7) is 1.19. The summed E-state index contributed by atoms with van der Waals surface area (Å²) in [6.07, 6.45) is 0.808. The monoisotopic (exact) mass is 342 g/mol. The Labute approximate surface area is 124 Å². The number of nitrogens with zero attached hydrogens (tertiary/aromatic N) is 1. The lowest BCUT2D eigenvalue weighted by molar-refractivity contribution is 0.0696. The zero-order valence-electron chi connectivity index (χ0n) is 10.9. The van der Waals surface area contributed by atoms with Gasteiger partial charge in [0.25, 0.3) is 0 Å². The van der Waals surface area contributed by atoms with Crippen molar-refractivity contribution in [3.05, 3.63) is 28.2 Å². The van der Waals surface area contributed by atoms with Gasteiger partial charge in [-0.15, -0.1) is 0 Å². The molecule has 1 aromatic carbocycles. The number of nitrogens with one attached hydrogen (secondary N) is 1. The second kappa shape index (κ2) is 6.23. The molecule has 0 saturated carbocycles. The summed E-state index contributed by atoms with van der Waals surface area (Å²) < 4.78 is 5.84. The third-order valence-corrected chi connectivity index (χ3v) is 3.63. The van der Waals surface area contributed by atoms with Crippen molar-refractivity contribution in [1.29, 1.82) is 0 Å². The molecule has 0 bridgehead atoms. The van der Waals surface area contributed by atoms with Gasteiger partial charge in [-0.2, -0.15) is 0 Å². The number of urea groups is 1. The van der Waals surface area contributed by atoms with Crippen LogP contribution in [-0.2, 0) is 4.74 Å². The van der Waals surface area contributed by atoms with Crippen LogP contribution in [0.5, 0.6) is 0 Å². The number of aromatic carboxylic acids is 1. The average Bonchev–Trinajstić information content (AvgIpc) is 2.90. The van der Waals surface area contributed by atoms with Crippen molar-refractivity contribution in [3.63, 3.8) is 0 Å². The van der Waals surface area contributed by atoms with Gasteiger partial charge in [0, 0.05) is 23.8 Å². The van der Waals surface area contributed by atoms with Crippen LogP contribution in [0.2, 0.25) is 0 Å². The van der Waals surface area contributed by atoms with E-state index in [1.807, 2.05) is 0 Å². The summed E-state index contributed by atoms with van der Waals surface area (Å²) in [6, 6.07) is 4.33. The zero-order valence-corrected chi connectivity index (χ0v) is 12.5. The molecular weight excluding hydrogens is 328 g/mol. The number of rotatable bonds is 3. The molecule has 1 aliphatic heterocycles. The molecule has 1 saturated heterocycles. The third-order valence-electron chi connectivity index (χ3n) is 3.17. The fourth-order valence-electron chi connectivity index (χ4n) is 1.99. The number of benzene rings is 1. The minimum atomic E-state index is -1.04. The topological polar surface area (TPSA) is 78.9 Å². The first-order valence-corrected chi connectivity index (χ1v) is 6.92. The number of carbonyl (C=O) groups is 2. The lowest BCUT2D eigenvalue weighted by atomic mass is 10.2. The Morgan fingerprint density at radius 3 is 2.80 bits per heavy atom. The Bertz CT molecular complexity index is 529. The molecule has 0 spiro atoms. The third kappa shape index (κ3) is 3.49. The first kappa shape index (κ1) is 14.8. The number of amides is 2. The largest absolute Gasteiger partial charge is 0.478 e. The Hall–Kier alpha value is -1.60. The van der Waals surface area contributed by atoms with Crippen molar-refractivity contribution >= 4 is 33.6 Å². The van der Waals surface area contributed by atoms with Crippen LogP contribution < -0.4 is 5.32 Å². The Kier molecular flexibility index (Phi) is 4.61. The van der Waals surface area contributed by atoms with Gasteiger partial charge in [-0.3, -0.25) is 0 Å². The second-order valence-electron chi connectivity index (χ2n) is 4.59. The van der Waals surface area contributed by atoms with E-state index in [1.165, 1.54) is 12.1 Å². The first-order chi connectivity index (χ1) is 9.47. The van der Waals surface area contributed by atoms with Crippen LogP contribution >= 0.6 is 15.9 Å². The molecule has 20 heavy (non-hydrogen) atoms. The van der Waals surface area contributed by atoms with Crippen LogP contribution in [0.1, 0.15) is 16.8 Å². The molecule has 2 amide bonds. The quantitative estimate of drug-likeness (QED) is 0.883. The van der Waals surface area contributed by atoms with Crippen molar-refractivity contribution in [3.8, 4) is 0 Å². The van der Waals surface area contributed by atoms with E-state index in [-0.39, 0.29) is 17.6 Å². The molecule has 1 aromatic rings. The highest BCUT2D eigenvalue weighted by Gasteiger charge is 2.24. The lowest BCUT2D eigenvalue weighted by Crippen LogP contribution is -2.40. The standard InChI is InChI=1S/C13H15BrN2O4/c1-16(11-2-3-20-7-11)13(19)15-10-5-8(12(17)18)4-9(14)6-10/h4-6,11H,2-3,7H2,1H3,(H,15,19)(H,17,18). The first-order valence-electron chi connectivity index (χ1n) is 6.13. The Morgan fingerprint density at radius 1 is 1.45 bits per heavy atom. The summed E-state index contributed by atoms with van der Waals surface area (Å²) in [5.41, 5.74) is 0.550. The van der Waals surface area contributed by atoms with E-state index in [0.29, 0.717) is 23.4 Å². The van der Waals surface area contributed by atoms with E-state index in [9.17, 15) is 9.59 Å². The van der Waals surface area contributed by atoms with Gasteiger partial charge in [0.15, 0.2) is 0 Å². The maximum Gasteiger partial charge on any atom is 0.335 e. The second-order valence-corrected chi connectivity index (χ2v) is 5.51. The zero-order chi connectivity index (χ0) is 14.7. The lowest BCUT2D eigenvalue weighted by Gasteiger charge is -2.23. The molecule has 0 aliphatic carbocycles. The number of likely N-dealkylation sites (N-methyl/N-ethyl adjacent to an activating group) is 1. The number of carboxylic acids is 1. The van der Waals surface area contributed by atoms with E-state index < -0.39 is 5.97 Å². The van der Waals surface area contributed by atoms with Gasteiger partial charge in [0.05, 0.1) is 18.2 Å². The van der Waals surface area contributed by atoms with E-state index in [0.717, 1.165) is 6.42 Å². The normalized spacial score (nSPS) is 17.8. The minimum Gasteiger partial charge on any atom is -0.478 e. The van der Waals surface area contributed by atoms with E-state index >= 15 is 0 Å². The molecule has 2 rings (SSSR count). The minimum absolute atomic E-state index is 0.0566. The molecule has 2 N–H and O–H groups in total. The SMILES string of the molecule is CN(C(=O)Nc1cc(Br)cc(C(=O)O)c1)C1CCOC1. The summed E-state index contributed by atoms with van der Waals surface area (Å²) >= 11 is 3.23. The predicted octanol–water partition coefficient (Wildman–Crippen LogP) is 2.40. The van der Waals surface area contributed by atoms with E-state index in [1.54, 1.807) is 18.0 Å². The smallest absolute Gasteiger partial charge is 0.335 e. The van der Waals surface area contributed by atoms with Gasteiger partial charge in [-0.25, -0.2) is 9.59 Å². The highest BCUT2D eigenvalue weighted by atomic mass is 79.9. The van der Waals surface area contributed by atoms with Gasteiger partial charge >= 0.3 is 12.0 Å². The molecule has 7 heteroatoms. The van der Waals surface area contributed by atoms with Crippen LogP contribution in [0.15, 0.2) is 22.7 Å². The molecule has 1 unspecified atom stereocenters. The molecule has 1 heterocycles. The maximum absolute atomic E-state index is 12.1. The number of carboxylic acid groups (broad SMARTS) is 1. The average molecular weight is 343 g/mol. The van der Waals surface area contributed by atoms with Gasteiger partial charge in [0.1, 0.15) is 0 Å². The number of ether oxygens (including phenoxy) is 1. The number of hydrogen-bond acceptors (Lipinski definition) is 3. The summed E-state index contributed by atoms with van der Waals surface area (Å²) in [5, 5.41) is 11.7. The van der Waals surface area contributed by atoms with Crippen molar-refractivity contribution in [1.82, 2.24) is 4.90 Å². The van der Waals surface area contributed by atoms with Crippen molar-refractivity contribution in [2.75, 3.05) is 25.6 Å². The number of carbonyl (C=O) groups excluding carboxylic acids is 1. The molecular formula is C13H15BrN2O4. The Morgan fingerprint density at radius 2 is 2.20 bits per heavy atom. The van der Waals surface area contributed by atoms with Crippen LogP contribution in [0, 0.1) is 0 Å². The predicted molar refractivity (Wildman–Crippen MR) is 77.1 cm³/mol. The molecule has 0 aromatic heterocycles. The molecule has 6 nitrogen and oxygen atoms in total. The van der Waals surface area contributed by atoms with Crippen LogP contribution in [0.25, 0.3) is 0 Å². The Balaban J connectivity index is 2.08. The van der Waals surface area contributed by atoms with Crippen molar-refractivity contribution < 1.29 is 19.4 Å². The van der Waals surface area contributed by atoms with Gasteiger partial charge in [0.2, 0.25) is 0 Å². The molecule has 1 aliphatic rings. The number of halogens is 1. The summed E-state index contributed by atoms with van der Waals surface area (Å²) in [7, 11) is 1.70. The highest BCUT2D eigenvalue weighted by Crippen LogP contribution is 2.20. The van der Waals surface area contributed by atoms with Crippen LogP contribution in [0.4, 0.5) is 10.5 Å². The fraction of sp³-hybridized carbons (Fsp3) is 0.385. The molecule has 1 fully saturated rings. The fourth-order valence-corrected chi connectivity index (χ4v) is 2.48. The van der Waals surface area contributed by atoms with Crippen molar-refractivity contribution in [2.24, 2.45) is 0 Å². The molecule has 108 valence electrons. The van der Waals surface area contributed by atoms with E-state index in [2.05, 4.69) is 21.2 Å². The summed E-state index contributed by atoms with van der Waals surface area (Å²) in [5.74, 6) is -1.04. The summed E-state index contributed by atoms with van der Waals surface area (Å²) in [4.78, 5) is 24.6. The van der Waals surface area contributed by atoms with E-state index in [4.69, 9.17) is 9.84 Å². The maximum atomic E-state index is 12.1. The number of anilines is 1. The number of hydrogen-bond donors (Lipinski definition) is 2. The van der Waals surface area contributed by atoms with Gasteiger partial charge in [-0.05, 0) is 24.6 Å². The van der Waals surface area contributed by atoms with Crippen LogP contribution in [-0.4, -0.2) is 48.3 Å². The molecule has 1 atom stereocenters. The van der Waals surface area contributed by atoms with Gasteiger partial charge < -0.3 is 20.1 Å². The van der Waals surface area contributed by atoms with Crippen molar-refractivity contribution in [2.45, 2.75) is 12.5 Å². The van der Waals surface area contributed by atoms with Crippen LogP contribution in [0.3, 0.4) is 0 Å².